The molecule has 5 nitrogen and oxygen atoms in total. The monoisotopic (exact) mass is 275 g/mol. The molecule has 0 aromatic rings. The van der Waals surface area contributed by atoms with Crippen LogP contribution in [0.4, 0.5) is 0 Å². The van der Waals surface area contributed by atoms with Crippen LogP contribution >= 0.6 is 0 Å². The van der Waals surface area contributed by atoms with Crippen LogP contribution in [-0.2, 0) is 19.3 Å². The maximum absolute atomic E-state index is 11.4. The van der Waals surface area contributed by atoms with Crippen LogP contribution in [0.5, 0.6) is 0 Å². The first-order chi connectivity index (χ1) is 8.57. The molecule has 0 bridgehead atoms. The SMILES string of the molecule is O=S1(=O)CCC(OC2COC3(CCNCC3)C2)C1. The molecule has 0 aromatic carbocycles. The maximum Gasteiger partial charge on any atom is 0.152 e. The number of hydrogen-bond acceptors (Lipinski definition) is 5. The van der Waals surface area contributed by atoms with E-state index in [0.29, 0.717) is 13.0 Å². The lowest BCUT2D eigenvalue weighted by Gasteiger charge is -2.32. The van der Waals surface area contributed by atoms with Crippen molar-refractivity contribution in [3.8, 4) is 0 Å². The number of hydrogen-bond donors (Lipinski definition) is 1. The summed E-state index contributed by atoms with van der Waals surface area (Å²) in [6, 6.07) is 0. The molecule has 6 heteroatoms. The zero-order chi connectivity index (χ0) is 12.6. The summed E-state index contributed by atoms with van der Waals surface area (Å²) in [5.74, 6) is 0.471. The van der Waals surface area contributed by atoms with Gasteiger partial charge in [-0.05, 0) is 32.4 Å². The Kier molecular flexibility index (Phi) is 3.38. The van der Waals surface area contributed by atoms with E-state index in [4.69, 9.17) is 9.47 Å². The van der Waals surface area contributed by atoms with Crippen molar-refractivity contribution in [2.75, 3.05) is 31.2 Å². The summed E-state index contributed by atoms with van der Waals surface area (Å²) < 4.78 is 34.6. The Morgan fingerprint density at radius 2 is 2.00 bits per heavy atom. The predicted molar refractivity (Wildman–Crippen MR) is 67.3 cm³/mol. The van der Waals surface area contributed by atoms with Gasteiger partial charge in [-0.3, -0.25) is 0 Å². The molecule has 2 unspecified atom stereocenters. The van der Waals surface area contributed by atoms with Gasteiger partial charge >= 0.3 is 0 Å². The minimum Gasteiger partial charge on any atom is -0.372 e. The smallest absolute Gasteiger partial charge is 0.152 e. The van der Waals surface area contributed by atoms with E-state index in [0.717, 1.165) is 32.4 Å². The van der Waals surface area contributed by atoms with E-state index in [-0.39, 0.29) is 29.3 Å². The summed E-state index contributed by atoms with van der Waals surface area (Å²) in [5.41, 5.74) is -0.00655. The van der Waals surface area contributed by atoms with Crippen molar-refractivity contribution in [2.45, 2.75) is 43.5 Å². The fourth-order valence-electron chi connectivity index (χ4n) is 3.26. The van der Waals surface area contributed by atoms with Gasteiger partial charge < -0.3 is 14.8 Å². The van der Waals surface area contributed by atoms with Crippen LogP contribution in [-0.4, -0.2) is 57.4 Å². The topological polar surface area (TPSA) is 64.6 Å². The van der Waals surface area contributed by atoms with Crippen molar-refractivity contribution < 1.29 is 17.9 Å². The number of rotatable bonds is 2. The molecular formula is C12H21NO4S. The quantitative estimate of drug-likeness (QED) is 0.774. The zero-order valence-corrected chi connectivity index (χ0v) is 11.4. The van der Waals surface area contributed by atoms with Crippen LogP contribution in [0.15, 0.2) is 0 Å². The van der Waals surface area contributed by atoms with E-state index in [2.05, 4.69) is 5.32 Å². The highest BCUT2D eigenvalue weighted by Gasteiger charge is 2.43. The normalized spacial score (nSPS) is 38.2. The van der Waals surface area contributed by atoms with Crippen molar-refractivity contribution in [1.29, 1.82) is 0 Å². The zero-order valence-electron chi connectivity index (χ0n) is 10.6. The van der Waals surface area contributed by atoms with Crippen LogP contribution in [0.25, 0.3) is 0 Å². The van der Waals surface area contributed by atoms with Gasteiger partial charge in [0, 0.05) is 6.42 Å². The number of nitrogens with one attached hydrogen (secondary N) is 1. The fourth-order valence-corrected chi connectivity index (χ4v) is 4.86. The molecule has 0 amide bonds. The predicted octanol–water partition coefficient (Wildman–Crippen LogP) is 0.101. The first-order valence-corrected chi connectivity index (χ1v) is 8.60. The Hall–Kier alpha value is -0.170. The summed E-state index contributed by atoms with van der Waals surface area (Å²) >= 11 is 0. The van der Waals surface area contributed by atoms with E-state index in [1.54, 1.807) is 0 Å². The van der Waals surface area contributed by atoms with Gasteiger partial charge in [0.2, 0.25) is 0 Å². The van der Waals surface area contributed by atoms with Crippen LogP contribution in [0.3, 0.4) is 0 Å². The molecule has 0 aliphatic carbocycles. The molecule has 0 aromatic heterocycles. The van der Waals surface area contributed by atoms with Gasteiger partial charge in [0.1, 0.15) is 0 Å². The van der Waals surface area contributed by atoms with Crippen LogP contribution < -0.4 is 5.32 Å². The lowest BCUT2D eigenvalue weighted by atomic mass is 9.89. The standard InChI is InChI=1S/C12H21NO4S/c14-18(15)6-1-10(9-18)17-11-7-12(16-8-11)2-4-13-5-3-12/h10-11,13H,1-9H2. The molecular weight excluding hydrogens is 254 g/mol. The molecule has 1 spiro atoms. The Morgan fingerprint density at radius 1 is 1.22 bits per heavy atom. The summed E-state index contributed by atoms with van der Waals surface area (Å²) in [6.45, 7) is 2.63. The molecule has 0 radical (unpaired) electrons. The Labute approximate surface area is 108 Å². The lowest BCUT2D eigenvalue weighted by molar-refractivity contribution is -0.0286. The molecule has 3 rings (SSSR count). The largest absolute Gasteiger partial charge is 0.372 e. The summed E-state index contributed by atoms with van der Waals surface area (Å²) in [6.07, 6.45) is 3.62. The minimum atomic E-state index is -2.85. The van der Waals surface area contributed by atoms with Crippen molar-refractivity contribution in [3.63, 3.8) is 0 Å². The van der Waals surface area contributed by atoms with Gasteiger partial charge in [-0.2, -0.15) is 0 Å². The summed E-state index contributed by atoms with van der Waals surface area (Å²) in [5, 5.41) is 3.33. The molecule has 2 atom stereocenters. The highest BCUT2D eigenvalue weighted by molar-refractivity contribution is 7.91. The first-order valence-electron chi connectivity index (χ1n) is 6.78. The maximum atomic E-state index is 11.4. The number of sulfone groups is 1. The number of piperidine rings is 1. The second-order valence-corrected chi connectivity index (χ2v) is 7.96. The molecule has 3 heterocycles. The lowest BCUT2D eigenvalue weighted by Crippen LogP contribution is -2.41. The minimum absolute atomic E-state index is 0.00655. The number of ether oxygens (including phenoxy) is 2. The molecule has 3 aliphatic rings. The van der Waals surface area contributed by atoms with Crippen molar-refractivity contribution >= 4 is 9.84 Å². The average molecular weight is 275 g/mol. The van der Waals surface area contributed by atoms with Gasteiger partial charge in [-0.15, -0.1) is 0 Å². The van der Waals surface area contributed by atoms with Crippen LogP contribution in [0, 0.1) is 0 Å². The fraction of sp³-hybridized carbons (Fsp3) is 1.00. The molecule has 0 saturated carbocycles. The van der Waals surface area contributed by atoms with E-state index < -0.39 is 9.84 Å². The van der Waals surface area contributed by atoms with Crippen LogP contribution in [0.2, 0.25) is 0 Å². The highest BCUT2D eigenvalue weighted by atomic mass is 32.2. The van der Waals surface area contributed by atoms with Gasteiger partial charge in [0.25, 0.3) is 0 Å². The molecule has 1 N–H and O–H groups in total. The van der Waals surface area contributed by atoms with Crippen molar-refractivity contribution in [3.05, 3.63) is 0 Å². The van der Waals surface area contributed by atoms with Gasteiger partial charge in [0.05, 0.1) is 35.9 Å². The van der Waals surface area contributed by atoms with E-state index >= 15 is 0 Å². The van der Waals surface area contributed by atoms with E-state index in [9.17, 15) is 8.42 Å². The molecule has 3 aliphatic heterocycles. The van der Waals surface area contributed by atoms with Gasteiger partial charge in [-0.1, -0.05) is 0 Å². The molecule has 3 fully saturated rings. The second kappa shape index (κ2) is 4.74. The van der Waals surface area contributed by atoms with E-state index in [1.165, 1.54) is 0 Å². The summed E-state index contributed by atoms with van der Waals surface area (Å²) in [4.78, 5) is 0. The van der Waals surface area contributed by atoms with Crippen molar-refractivity contribution in [1.82, 2.24) is 5.32 Å². The molecule has 104 valence electrons. The second-order valence-electron chi connectivity index (χ2n) is 5.73. The van der Waals surface area contributed by atoms with Crippen LogP contribution in [0.1, 0.15) is 25.7 Å². The average Bonchev–Trinajstić information content (AvgIpc) is 2.85. The Bertz CT molecular complexity index is 402. The van der Waals surface area contributed by atoms with Gasteiger partial charge in [-0.25, -0.2) is 8.42 Å². The third-order valence-corrected chi connectivity index (χ3v) is 6.00. The Morgan fingerprint density at radius 3 is 2.67 bits per heavy atom. The molecule has 18 heavy (non-hydrogen) atoms. The highest BCUT2D eigenvalue weighted by Crippen LogP contribution is 2.36. The first kappa shape index (κ1) is 12.8. The third kappa shape index (κ3) is 2.71. The van der Waals surface area contributed by atoms with Crippen molar-refractivity contribution in [2.24, 2.45) is 0 Å². The molecule has 3 saturated heterocycles. The van der Waals surface area contributed by atoms with Gasteiger partial charge in [0.15, 0.2) is 9.84 Å². The third-order valence-electron chi connectivity index (χ3n) is 4.27. The summed E-state index contributed by atoms with van der Waals surface area (Å²) in [7, 11) is -2.85. The Balaban J connectivity index is 1.53. The van der Waals surface area contributed by atoms with E-state index in [1.807, 2.05) is 0 Å².